The number of thiocarbonyl (C=S) groups is 1. The minimum atomic E-state index is -0.244. The molecular formula is C17H26N2O2S2. The average Bonchev–Trinajstić information content (AvgIpc) is 2.84. The van der Waals surface area contributed by atoms with Gasteiger partial charge in [-0.3, -0.25) is 0 Å². The standard InChI is InChI=1S/C17H26N2O2S2/c1-5-17(3,4)19-16(22)18-14-13(15(20)21-6-2)11-9-7-8-10-12(11)23-14/h5-10H2,1-4H3,(H2,18,19,22). The highest BCUT2D eigenvalue weighted by molar-refractivity contribution is 7.80. The highest BCUT2D eigenvalue weighted by Crippen LogP contribution is 2.38. The highest BCUT2D eigenvalue weighted by Gasteiger charge is 2.27. The molecule has 1 aliphatic carbocycles. The summed E-state index contributed by atoms with van der Waals surface area (Å²) < 4.78 is 5.26. The van der Waals surface area contributed by atoms with E-state index in [4.69, 9.17) is 17.0 Å². The van der Waals surface area contributed by atoms with E-state index in [0.717, 1.165) is 36.2 Å². The van der Waals surface area contributed by atoms with Crippen LogP contribution in [0.25, 0.3) is 0 Å². The molecule has 0 bridgehead atoms. The molecule has 1 aromatic rings. The van der Waals surface area contributed by atoms with E-state index in [9.17, 15) is 4.79 Å². The van der Waals surface area contributed by atoms with Crippen molar-refractivity contribution in [2.45, 2.75) is 65.3 Å². The number of hydrogen-bond acceptors (Lipinski definition) is 4. The molecule has 128 valence electrons. The minimum Gasteiger partial charge on any atom is -0.462 e. The monoisotopic (exact) mass is 354 g/mol. The molecule has 0 spiro atoms. The Balaban J connectivity index is 2.25. The summed E-state index contributed by atoms with van der Waals surface area (Å²) in [7, 11) is 0. The van der Waals surface area contributed by atoms with Gasteiger partial charge in [0.1, 0.15) is 5.00 Å². The van der Waals surface area contributed by atoms with Crippen LogP contribution in [0.3, 0.4) is 0 Å². The van der Waals surface area contributed by atoms with Crippen molar-refractivity contribution in [2.75, 3.05) is 11.9 Å². The molecule has 0 unspecified atom stereocenters. The van der Waals surface area contributed by atoms with Crippen LogP contribution in [0.2, 0.25) is 0 Å². The Bertz CT molecular complexity index is 594. The highest BCUT2D eigenvalue weighted by atomic mass is 32.1. The van der Waals surface area contributed by atoms with E-state index in [1.165, 1.54) is 11.3 Å². The molecule has 1 aromatic heterocycles. The van der Waals surface area contributed by atoms with Crippen LogP contribution in [0.1, 0.15) is 67.8 Å². The summed E-state index contributed by atoms with van der Waals surface area (Å²) >= 11 is 7.07. The number of ether oxygens (including phenoxy) is 1. The number of carbonyl (C=O) groups excluding carboxylic acids is 1. The fraction of sp³-hybridized carbons (Fsp3) is 0.647. The lowest BCUT2D eigenvalue weighted by molar-refractivity contribution is 0.0526. The topological polar surface area (TPSA) is 50.4 Å². The summed E-state index contributed by atoms with van der Waals surface area (Å²) in [4.78, 5) is 13.7. The third-order valence-corrected chi connectivity index (χ3v) is 5.63. The summed E-state index contributed by atoms with van der Waals surface area (Å²) in [6.45, 7) is 8.54. The average molecular weight is 355 g/mol. The van der Waals surface area contributed by atoms with Crippen molar-refractivity contribution in [1.82, 2.24) is 5.32 Å². The Morgan fingerprint density at radius 1 is 1.30 bits per heavy atom. The SMILES string of the molecule is CCOC(=O)c1c(NC(=S)NC(C)(C)CC)sc2c1CCCC2. The third kappa shape index (κ3) is 4.44. The van der Waals surface area contributed by atoms with Crippen LogP contribution in [-0.4, -0.2) is 23.2 Å². The van der Waals surface area contributed by atoms with E-state index in [-0.39, 0.29) is 11.5 Å². The van der Waals surface area contributed by atoms with E-state index in [2.05, 4.69) is 31.4 Å². The van der Waals surface area contributed by atoms with Gasteiger partial charge in [-0.15, -0.1) is 11.3 Å². The minimum absolute atomic E-state index is 0.0783. The van der Waals surface area contributed by atoms with Gasteiger partial charge in [0.15, 0.2) is 5.11 Å². The molecule has 1 aliphatic rings. The number of fused-ring (bicyclic) bond motifs is 1. The number of esters is 1. The van der Waals surface area contributed by atoms with Gasteiger partial charge in [0.25, 0.3) is 0 Å². The first-order chi connectivity index (χ1) is 10.9. The number of nitrogens with one attached hydrogen (secondary N) is 2. The number of thiophene rings is 1. The first-order valence-electron chi connectivity index (χ1n) is 8.28. The number of anilines is 1. The van der Waals surface area contributed by atoms with Crippen LogP contribution < -0.4 is 10.6 Å². The van der Waals surface area contributed by atoms with Crippen molar-refractivity contribution in [2.24, 2.45) is 0 Å². The summed E-state index contributed by atoms with van der Waals surface area (Å²) in [5, 5.41) is 7.92. The molecule has 0 saturated carbocycles. The molecule has 2 rings (SSSR count). The molecule has 4 nitrogen and oxygen atoms in total. The van der Waals surface area contributed by atoms with Crippen molar-refractivity contribution < 1.29 is 9.53 Å². The first-order valence-corrected chi connectivity index (χ1v) is 9.51. The van der Waals surface area contributed by atoms with Gasteiger partial charge in [0.2, 0.25) is 0 Å². The molecule has 0 aliphatic heterocycles. The van der Waals surface area contributed by atoms with Crippen LogP contribution in [-0.2, 0) is 17.6 Å². The Labute approximate surface area is 148 Å². The van der Waals surface area contributed by atoms with Crippen molar-refractivity contribution >= 4 is 39.6 Å². The summed E-state index contributed by atoms with van der Waals surface area (Å²) in [6, 6.07) is 0. The van der Waals surface area contributed by atoms with Crippen LogP contribution in [0.5, 0.6) is 0 Å². The van der Waals surface area contributed by atoms with E-state index in [1.54, 1.807) is 11.3 Å². The van der Waals surface area contributed by atoms with Gasteiger partial charge < -0.3 is 15.4 Å². The summed E-state index contributed by atoms with van der Waals surface area (Å²) in [5.74, 6) is -0.244. The van der Waals surface area contributed by atoms with Gasteiger partial charge >= 0.3 is 5.97 Å². The zero-order chi connectivity index (χ0) is 17.0. The second-order valence-electron chi connectivity index (χ2n) is 6.45. The second kappa shape index (κ2) is 7.62. The van der Waals surface area contributed by atoms with Gasteiger partial charge in [0, 0.05) is 10.4 Å². The molecule has 0 saturated heterocycles. The number of hydrogen-bond donors (Lipinski definition) is 2. The lowest BCUT2D eigenvalue weighted by Gasteiger charge is -2.26. The van der Waals surface area contributed by atoms with Gasteiger partial charge in [0.05, 0.1) is 12.2 Å². The summed E-state index contributed by atoms with van der Waals surface area (Å²) in [5.41, 5.74) is 1.76. The molecular weight excluding hydrogens is 328 g/mol. The van der Waals surface area contributed by atoms with Crippen LogP contribution in [0, 0.1) is 0 Å². The van der Waals surface area contributed by atoms with E-state index >= 15 is 0 Å². The van der Waals surface area contributed by atoms with Crippen molar-refractivity contribution in [3.63, 3.8) is 0 Å². The number of carbonyl (C=O) groups is 1. The van der Waals surface area contributed by atoms with E-state index < -0.39 is 0 Å². The lowest BCUT2D eigenvalue weighted by Crippen LogP contribution is -2.44. The Hall–Kier alpha value is -1.14. The van der Waals surface area contributed by atoms with Crippen molar-refractivity contribution in [3.8, 4) is 0 Å². The third-order valence-electron chi connectivity index (χ3n) is 4.21. The second-order valence-corrected chi connectivity index (χ2v) is 7.97. The van der Waals surface area contributed by atoms with E-state index in [1.807, 2.05) is 6.92 Å². The van der Waals surface area contributed by atoms with Crippen LogP contribution in [0.4, 0.5) is 5.00 Å². The maximum absolute atomic E-state index is 12.4. The number of rotatable bonds is 5. The predicted octanol–water partition coefficient (Wildman–Crippen LogP) is 4.28. The number of aryl methyl sites for hydroxylation is 1. The Kier molecular flexibility index (Phi) is 6.03. The molecule has 23 heavy (non-hydrogen) atoms. The van der Waals surface area contributed by atoms with Gasteiger partial charge in [-0.2, -0.15) is 0 Å². The molecule has 1 heterocycles. The van der Waals surface area contributed by atoms with Crippen molar-refractivity contribution in [1.29, 1.82) is 0 Å². The molecule has 0 fully saturated rings. The largest absolute Gasteiger partial charge is 0.462 e. The molecule has 2 N–H and O–H groups in total. The molecule has 0 radical (unpaired) electrons. The lowest BCUT2D eigenvalue weighted by atomic mass is 9.95. The quantitative estimate of drug-likeness (QED) is 0.610. The fourth-order valence-electron chi connectivity index (χ4n) is 2.60. The zero-order valence-corrected chi connectivity index (χ0v) is 16.0. The zero-order valence-electron chi connectivity index (χ0n) is 14.4. The maximum atomic E-state index is 12.4. The predicted molar refractivity (Wildman–Crippen MR) is 101 cm³/mol. The Morgan fingerprint density at radius 2 is 2.00 bits per heavy atom. The van der Waals surface area contributed by atoms with Crippen LogP contribution in [0.15, 0.2) is 0 Å². The smallest absolute Gasteiger partial charge is 0.341 e. The van der Waals surface area contributed by atoms with Gasteiger partial charge in [-0.05, 0) is 70.7 Å². The molecule has 0 aromatic carbocycles. The molecule has 0 amide bonds. The fourth-order valence-corrected chi connectivity index (χ4v) is 4.33. The van der Waals surface area contributed by atoms with Gasteiger partial charge in [-0.1, -0.05) is 6.92 Å². The first kappa shape index (κ1) is 18.2. The molecule has 0 atom stereocenters. The Morgan fingerprint density at radius 3 is 2.65 bits per heavy atom. The molecule has 6 heteroatoms. The normalized spacial score (nSPS) is 14.1. The summed E-state index contributed by atoms with van der Waals surface area (Å²) in [6.07, 6.45) is 5.25. The van der Waals surface area contributed by atoms with Gasteiger partial charge in [-0.25, -0.2) is 4.79 Å². The van der Waals surface area contributed by atoms with E-state index in [0.29, 0.717) is 17.3 Å². The van der Waals surface area contributed by atoms with Crippen LogP contribution >= 0.6 is 23.6 Å². The maximum Gasteiger partial charge on any atom is 0.341 e. The van der Waals surface area contributed by atoms with Crippen molar-refractivity contribution in [3.05, 3.63) is 16.0 Å².